The lowest BCUT2D eigenvalue weighted by molar-refractivity contribution is -0.167. The van der Waals surface area contributed by atoms with E-state index in [2.05, 4.69) is 57.2 Å². The Kier molecular flexibility index (Phi) is 41.5. The highest BCUT2D eigenvalue weighted by Gasteiger charge is 2.19. The van der Waals surface area contributed by atoms with Gasteiger partial charge in [-0.25, -0.2) is 0 Å². The SMILES string of the molecule is CCCCC/C=C\C/C=C\CCCCCCCC(=O)OCC(COC(=O)CCCCCCCCC)OC(=O)CCCCCCC/C=C\CCCCCCC. The van der Waals surface area contributed by atoms with E-state index in [1.807, 2.05) is 0 Å². The van der Waals surface area contributed by atoms with Crippen LogP contribution in [0.5, 0.6) is 0 Å². The van der Waals surface area contributed by atoms with Crippen molar-refractivity contribution >= 4 is 17.9 Å². The van der Waals surface area contributed by atoms with Crippen LogP contribution in [0.1, 0.15) is 233 Å². The number of ether oxygens (including phenoxy) is 3. The van der Waals surface area contributed by atoms with E-state index in [0.717, 1.165) is 89.9 Å². The fourth-order valence-corrected chi connectivity index (χ4v) is 6.35. The molecule has 0 aliphatic heterocycles. The minimum absolute atomic E-state index is 0.0791. The zero-order chi connectivity index (χ0) is 39.4. The number of carbonyl (C=O) groups is 3. The van der Waals surface area contributed by atoms with Crippen LogP contribution in [0.3, 0.4) is 0 Å². The molecule has 0 radical (unpaired) electrons. The van der Waals surface area contributed by atoms with Gasteiger partial charge in [-0.1, -0.05) is 173 Å². The van der Waals surface area contributed by atoms with Crippen molar-refractivity contribution in [1.82, 2.24) is 0 Å². The van der Waals surface area contributed by atoms with Crippen molar-refractivity contribution in [2.24, 2.45) is 0 Å². The molecule has 6 nitrogen and oxygen atoms in total. The number of hydrogen-bond donors (Lipinski definition) is 0. The average molecular weight is 759 g/mol. The van der Waals surface area contributed by atoms with Crippen molar-refractivity contribution in [2.45, 2.75) is 239 Å². The van der Waals surface area contributed by atoms with Gasteiger partial charge in [-0.05, 0) is 77.0 Å². The first kappa shape index (κ1) is 51.6. The highest BCUT2D eigenvalue weighted by molar-refractivity contribution is 5.71. The summed E-state index contributed by atoms with van der Waals surface area (Å²) in [6.07, 6.45) is 48.5. The maximum absolute atomic E-state index is 12.7. The van der Waals surface area contributed by atoms with Gasteiger partial charge >= 0.3 is 17.9 Å². The molecule has 0 aliphatic carbocycles. The van der Waals surface area contributed by atoms with Crippen LogP contribution in [-0.2, 0) is 28.6 Å². The molecule has 0 bridgehead atoms. The minimum Gasteiger partial charge on any atom is -0.462 e. The summed E-state index contributed by atoms with van der Waals surface area (Å²) >= 11 is 0. The maximum atomic E-state index is 12.7. The van der Waals surface area contributed by atoms with E-state index in [1.165, 1.54) is 103 Å². The fourth-order valence-electron chi connectivity index (χ4n) is 6.35. The number of allylic oxidation sites excluding steroid dienone is 6. The first-order valence-electron chi connectivity index (χ1n) is 23.0. The average Bonchev–Trinajstić information content (AvgIpc) is 3.17. The molecule has 54 heavy (non-hydrogen) atoms. The summed E-state index contributed by atoms with van der Waals surface area (Å²) in [5, 5.41) is 0. The van der Waals surface area contributed by atoms with Crippen LogP contribution in [-0.4, -0.2) is 37.2 Å². The Morgan fingerprint density at radius 1 is 0.370 bits per heavy atom. The third-order valence-electron chi connectivity index (χ3n) is 9.87. The normalized spacial score (nSPS) is 12.3. The maximum Gasteiger partial charge on any atom is 0.306 e. The molecule has 0 saturated heterocycles. The molecule has 0 aromatic heterocycles. The fraction of sp³-hybridized carbons (Fsp3) is 0.812. The number of esters is 3. The van der Waals surface area contributed by atoms with Crippen molar-refractivity contribution in [2.75, 3.05) is 13.2 Å². The van der Waals surface area contributed by atoms with Gasteiger partial charge in [0.15, 0.2) is 6.10 Å². The smallest absolute Gasteiger partial charge is 0.306 e. The number of carbonyl (C=O) groups excluding carboxylic acids is 3. The molecule has 0 saturated carbocycles. The molecular weight excluding hydrogens is 673 g/mol. The summed E-state index contributed by atoms with van der Waals surface area (Å²) in [5.41, 5.74) is 0. The van der Waals surface area contributed by atoms with E-state index in [9.17, 15) is 14.4 Å². The van der Waals surface area contributed by atoms with Crippen LogP contribution in [0.25, 0.3) is 0 Å². The van der Waals surface area contributed by atoms with E-state index < -0.39 is 6.10 Å². The topological polar surface area (TPSA) is 78.9 Å². The summed E-state index contributed by atoms with van der Waals surface area (Å²) in [5.74, 6) is -0.907. The van der Waals surface area contributed by atoms with Crippen LogP contribution in [0, 0.1) is 0 Å². The molecule has 1 unspecified atom stereocenters. The largest absolute Gasteiger partial charge is 0.462 e. The molecule has 1 atom stereocenters. The van der Waals surface area contributed by atoms with Crippen molar-refractivity contribution < 1.29 is 28.6 Å². The van der Waals surface area contributed by atoms with Crippen LogP contribution < -0.4 is 0 Å². The van der Waals surface area contributed by atoms with Crippen molar-refractivity contribution in [3.63, 3.8) is 0 Å². The lowest BCUT2D eigenvalue weighted by Gasteiger charge is -2.18. The zero-order valence-electron chi connectivity index (χ0n) is 35.7. The Morgan fingerprint density at radius 2 is 0.667 bits per heavy atom. The second-order valence-electron chi connectivity index (χ2n) is 15.3. The Bertz CT molecular complexity index is 922. The second kappa shape index (κ2) is 43.4. The molecule has 0 N–H and O–H groups in total. The number of hydrogen-bond acceptors (Lipinski definition) is 6. The summed E-state index contributed by atoms with van der Waals surface area (Å²) in [6.45, 7) is 6.54. The highest BCUT2D eigenvalue weighted by Crippen LogP contribution is 2.13. The molecule has 0 aliphatic rings. The first-order valence-corrected chi connectivity index (χ1v) is 23.0. The van der Waals surface area contributed by atoms with E-state index in [1.54, 1.807) is 0 Å². The molecule has 0 rings (SSSR count). The zero-order valence-corrected chi connectivity index (χ0v) is 35.7. The predicted octanol–water partition coefficient (Wildman–Crippen LogP) is 14.6. The molecule has 6 heteroatoms. The van der Waals surface area contributed by atoms with Crippen LogP contribution in [0.4, 0.5) is 0 Å². The molecular formula is C48H86O6. The first-order chi connectivity index (χ1) is 26.5. The lowest BCUT2D eigenvalue weighted by atomic mass is 10.1. The van der Waals surface area contributed by atoms with Crippen molar-refractivity contribution in [3.8, 4) is 0 Å². The van der Waals surface area contributed by atoms with Gasteiger partial charge in [0.25, 0.3) is 0 Å². The molecule has 0 aromatic rings. The standard InChI is InChI=1S/C48H86O6/c1-4-7-10-13-16-18-20-22-24-26-27-29-32-35-38-41-47(50)53-44-45(43-52-46(49)40-37-34-31-15-12-9-6-3)54-48(51)42-39-36-33-30-28-25-23-21-19-17-14-11-8-5-2/h16,18,21-24,45H,4-15,17,19-20,25-44H2,1-3H3/b18-16-,23-21-,24-22-. The third kappa shape index (κ3) is 40.8. The summed E-state index contributed by atoms with van der Waals surface area (Å²) in [4.78, 5) is 37.6. The van der Waals surface area contributed by atoms with Crippen LogP contribution in [0.15, 0.2) is 36.5 Å². The molecule has 314 valence electrons. The Hall–Kier alpha value is -2.37. The lowest BCUT2D eigenvalue weighted by Crippen LogP contribution is -2.30. The number of rotatable bonds is 41. The summed E-state index contributed by atoms with van der Waals surface area (Å²) in [7, 11) is 0. The molecule has 0 amide bonds. The van der Waals surface area contributed by atoms with Gasteiger partial charge in [-0.3, -0.25) is 14.4 Å². The van der Waals surface area contributed by atoms with Gasteiger partial charge < -0.3 is 14.2 Å². The second-order valence-corrected chi connectivity index (χ2v) is 15.3. The summed E-state index contributed by atoms with van der Waals surface area (Å²) < 4.78 is 16.6. The number of unbranched alkanes of at least 4 members (excludes halogenated alkanes) is 24. The molecule has 0 spiro atoms. The van der Waals surface area contributed by atoms with Gasteiger partial charge in [0.1, 0.15) is 13.2 Å². The van der Waals surface area contributed by atoms with Gasteiger partial charge in [-0.15, -0.1) is 0 Å². The van der Waals surface area contributed by atoms with E-state index >= 15 is 0 Å². The van der Waals surface area contributed by atoms with E-state index in [-0.39, 0.29) is 31.1 Å². The van der Waals surface area contributed by atoms with Crippen LogP contribution >= 0.6 is 0 Å². The van der Waals surface area contributed by atoms with Gasteiger partial charge in [-0.2, -0.15) is 0 Å². The monoisotopic (exact) mass is 759 g/mol. The Labute approximate surface area is 334 Å². The predicted molar refractivity (Wildman–Crippen MR) is 229 cm³/mol. The van der Waals surface area contributed by atoms with E-state index in [0.29, 0.717) is 19.3 Å². The van der Waals surface area contributed by atoms with Crippen molar-refractivity contribution in [1.29, 1.82) is 0 Å². The third-order valence-corrected chi connectivity index (χ3v) is 9.87. The van der Waals surface area contributed by atoms with Crippen LogP contribution in [0.2, 0.25) is 0 Å². The van der Waals surface area contributed by atoms with Gasteiger partial charge in [0, 0.05) is 19.3 Å². The highest BCUT2D eigenvalue weighted by atomic mass is 16.6. The summed E-state index contributed by atoms with van der Waals surface area (Å²) in [6, 6.07) is 0. The Morgan fingerprint density at radius 3 is 1.07 bits per heavy atom. The van der Waals surface area contributed by atoms with E-state index in [4.69, 9.17) is 14.2 Å². The molecule has 0 aromatic carbocycles. The Balaban J connectivity index is 4.33. The minimum atomic E-state index is -0.775. The van der Waals surface area contributed by atoms with Crippen molar-refractivity contribution in [3.05, 3.63) is 36.5 Å². The molecule has 0 heterocycles. The van der Waals surface area contributed by atoms with Gasteiger partial charge in [0.05, 0.1) is 0 Å². The quantitative estimate of drug-likeness (QED) is 0.0267. The molecule has 0 fully saturated rings. The van der Waals surface area contributed by atoms with Gasteiger partial charge in [0.2, 0.25) is 0 Å².